The molecule has 1 rings (SSSR count). The number of nitrogens with zero attached hydrogens (tertiary/aromatic N) is 1. The fraction of sp³-hybridized carbons (Fsp3) is 0.500. The Morgan fingerprint density at radius 1 is 1.20 bits per heavy atom. The number of carboxylic acids is 1. The number of carboxylic acid groups (broad SMARTS) is 1. The van der Waals surface area contributed by atoms with Crippen molar-refractivity contribution >= 4 is 17.8 Å². The minimum atomic E-state index is -1.09. The van der Waals surface area contributed by atoms with Crippen LogP contribution >= 0.6 is 0 Å². The van der Waals surface area contributed by atoms with Gasteiger partial charge in [-0.05, 0) is 26.8 Å². The molecule has 2 N–H and O–H groups in total. The number of ether oxygens (including phenoxy) is 1. The number of benzene rings is 1. The monoisotopic (exact) mass is 350 g/mol. The Morgan fingerprint density at radius 3 is 2.40 bits per heavy atom. The molecule has 7 heteroatoms. The van der Waals surface area contributed by atoms with E-state index >= 15 is 0 Å². The zero-order chi connectivity index (χ0) is 19.0. The van der Waals surface area contributed by atoms with Crippen LogP contribution in [-0.2, 0) is 20.8 Å². The second-order valence-electron chi connectivity index (χ2n) is 6.04. The van der Waals surface area contributed by atoms with Crippen LogP contribution in [0.15, 0.2) is 24.3 Å². The van der Waals surface area contributed by atoms with Gasteiger partial charge in [0.2, 0.25) is 11.8 Å². The van der Waals surface area contributed by atoms with Crippen molar-refractivity contribution in [3.8, 4) is 5.75 Å². The third kappa shape index (κ3) is 6.82. The number of carbonyl (C=O) groups is 3. The summed E-state index contributed by atoms with van der Waals surface area (Å²) in [5, 5.41) is 11.8. The molecule has 25 heavy (non-hydrogen) atoms. The lowest BCUT2D eigenvalue weighted by atomic mass is 10.1. The van der Waals surface area contributed by atoms with Gasteiger partial charge in [0.05, 0.1) is 12.5 Å². The molecule has 0 aliphatic carbocycles. The summed E-state index contributed by atoms with van der Waals surface area (Å²) in [7, 11) is 0. The summed E-state index contributed by atoms with van der Waals surface area (Å²) in [5.41, 5.74) is 0.698. The van der Waals surface area contributed by atoms with E-state index in [0.717, 1.165) is 0 Å². The minimum Gasteiger partial charge on any atom is -0.491 e. The molecule has 138 valence electrons. The van der Waals surface area contributed by atoms with Crippen LogP contribution in [0.3, 0.4) is 0 Å². The number of aliphatic carboxylic acids is 1. The Bertz CT molecular complexity index is 615. The van der Waals surface area contributed by atoms with Crippen molar-refractivity contribution in [1.82, 2.24) is 10.2 Å². The molecular weight excluding hydrogens is 324 g/mol. The zero-order valence-corrected chi connectivity index (χ0v) is 15.1. The molecule has 1 aromatic carbocycles. The smallest absolute Gasteiger partial charge is 0.326 e. The molecule has 0 fully saturated rings. The summed E-state index contributed by atoms with van der Waals surface area (Å²) in [4.78, 5) is 36.2. The maximum absolute atomic E-state index is 12.7. The largest absolute Gasteiger partial charge is 0.491 e. The summed E-state index contributed by atoms with van der Waals surface area (Å²) in [6.45, 7) is 6.92. The summed E-state index contributed by atoms with van der Waals surface area (Å²) in [5.74, 6) is -1.05. The van der Waals surface area contributed by atoms with E-state index in [1.165, 1.54) is 18.7 Å². The second-order valence-corrected chi connectivity index (χ2v) is 6.04. The molecule has 0 aliphatic heterocycles. The van der Waals surface area contributed by atoms with E-state index in [-0.39, 0.29) is 37.4 Å². The molecule has 0 spiro atoms. The van der Waals surface area contributed by atoms with Crippen LogP contribution in [0.5, 0.6) is 5.75 Å². The van der Waals surface area contributed by atoms with Crippen LogP contribution in [0.1, 0.15) is 33.3 Å². The topological polar surface area (TPSA) is 95.9 Å². The van der Waals surface area contributed by atoms with Crippen LogP contribution in [-0.4, -0.2) is 53.0 Å². The van der Waals surface area contributed by atoms with Crippen LogP contribution in [0.4, 0.5) is 0 Å². The number of carbonyl (C=O) groups excluding carboxylic acids is 2. The lowest BCUT2D eigenvalue weighted by Gasteiger charge is -2.27. The average Bonchev–Trinajstić information content (AvgIpc) is 2.51. The van der Waals surface area contributed by atoms with Gasteiger partial charge in [-0.25, -0.2) is 4.79 Å². The first-order chi connectivity index (χ1) is 11.7. The first kappa shape index (κ1) is 20.5. The van der Waals surface area contributed by atoms with Crippen molar-refractivity contribution in [3.63, 3.8) is 0 Å². The second kappa shape index (κ2) is 9.66. The zero-order valence-electron chi connectivity index (χ0n) is 15.1. The Morgan fingerprint density at radius 2 is 1.84 bits per heavy atom. The normalized spacial score (nSPS) is 11.7. The highest BCUT2D eigenvalue weighted by Gasteiger charge is 2.26. The molecule has 0 saturated heterocycles. The highest BCUT2D eigenvalue weighted by molar-refractivity contribution is 5.85. The number of hydrogen-bond donors (Lipinski definition) is 2. The van der Waals surface area contributed by atoms with Gasteiger partial charge >= 0.3 is 5.97 Å². The molecule has 7 nitrogen and oxygen atoms in total. The van der Waals surface area contributed by atoms with Crippen molar-refractivity contribution < 1.29 is 24.2 Å². The van der Waals surface area contributed by atoms with Crippen LogP contribution < -0.4 is 10.1 Å². The molecule has 0 radical (unpaired) electrons. The van der Waals surface area contributed by atoms with Crippen LogP contribution in [0, 0.1) is 0 Å². The number of nitrogens with one attached hydrogen (secondary N) is 1. The van der Waals surface area contributed by atoms with E-state index in [9.17, 15) is 19.5 Å². The van der Waals surface area contributed by atoms with E-state index in [1.807, 2.05) is 19.9 Å². The summed E-state index contributed by atoms with van der Waals surface area (Å²) in [6.07, 6.45) is -0.00862. The van der Waals surface area contributed by atoms with Crippen molar-refractivity contribution in [2.75, 3.05) is 13.1 Å². The van der Waals surface area contributed by atoms with E-state index < -0.39 is 12.0 Å². The highest BCUT2D eigenvalue weighted by Crippen LogP contribution is 2.21. The van der Waals surface area contributed by atoms with E-state index in [0.29, 0.717) is 11.3 Å². The quantitative estimate of drug-likeness (QED) is 0.703. The van der Waals surface area contributed by atoms with Crippen molar-refractivity contribution in [2.45, 2.75) is 46.3 Å². The predicted octanol–water partition coefficient (Wildman–Crippen LogP) is 1.45. The van der Waals surface area contributed by atoms with Gasteiger partial charge in [0, 0.05) is 25.6 Å². The number of para-hydroxylation sites is 1. The molecule has 2 amide bonds. The van der Waals surface area contributed by atoms with Gasteiger partial charge < -0.3 is 20.1 Å². The van der Waals surface area contributed by atoms with Crippen molar-refractivity contribution in [2.24, 2.45) is 0 Å². The maximum atomic E-state index is 12.7. The first-order valence-electron chi connectivity index (χ1n) is 8.23. The molecule has 0 bridgehead atoms. The Hall–Kier alpha value is -2.57. The van der Waals surface area contributed by atoms with E-state index in [4.69, 9.17) is 4.74 Å². The molecule has 0 saturated carbocycles. The molecule has 0 aromatic heterocycles. The van der Waals surface area contributed by atoms with Gasteiger partial charge in [-0.3, -0.25) is 9.59 Å². The molecule has 1 unspecified atom stereocenters. The number of rotatable bonds is 9. The first-order valence-corrected chi connectivity index (χ1v) is 8.23. The molecule has 1 atom stereocenters. The van der Waals surface area contributed by atoms with Crippen LogP contribution in [0.2, 0.25) is 0 Å². The third-order valence-corrected chi connectivity index (χ3v) is 3.55. The lowest BCUT2D eigenvalue weighted by Crippen LogP contribution is -2.47. The van der Waals surface area contributed by atoms with E-state index in [2.05, 4.69) is 5.32 Å². The highest BCUT2D eigenvalue weighted by atomic mass is 16.5. The Labute approximate surface area is 148 Å². The predicted molar refractivity (Wildman–Crippen MR) is 93.4 cm³/mol. The number of hydrogen-bond acceptors (Lipinski definition) is 4. The third-order valence-electron chi connectivity index (χ3n) is 3.55. The van der Waals surface area contributed by atoms with Gasteiger partial charge in [-0.15, -0.1) is 0 Å². The Kier molecular flexibility index (Phi) is 7.91. The van der Waals surface area contributed by atoms with Gasteiger partial charge in [-0.2, -0.15) is 0 Å². The minimum absolute atomic E-state index is 0.0284. The summed E-state index contributed by atoms with van der Waals surface area (Å²) < 4.78 is 5.70. The standard InChI is InChI=1S/C18H26N2O5/c1-12(2)25-16-8-6-5-7-15(16)11-17(22)20(13(3)18(23)24)10-9-19-14(4)21/h5-8,12-13H,9-11H2,1-4H3,(H,19,21)(H,23,24). The summed E-state index contributed by atoms with van der Waals surface area (Å²) in [6, 6.07) is 6.20. The SMILES string of the molecule is CC(=O)NCCN(C(=O)Cc1ccccc1OC(C)C)C(C)C(=O)O. The summed E-state index contributed by atoms with van der Waals surface area (Å²) >= 11 is 0. The Balaban J connectivity index is 2.90. The number of amides is 2. The van der Waals surface area contributed by atoms with Crippen molar-refractivity contribution in [3.05, 3.63) is 29.8 Å². The molecular formula is C18H26N2O5. The average molecular weight is 350 g/mol. The maximum Gasteiger partial charge on any atom is 0.326 e. The van der Waals surface area contributed by atoms with Gasteiger partial charge in [0.1, 0.15) is 11.8 Å². The molecule has 1 aromatic rings. The molecule has 0 heterocycles. The van der Waals surface area contributed by atoms with Crippen molar-refractivity contribution in [1.29, 1.82) is 0 Å². The van der Waals surface area contributed by atoms with Gasteiger partial charge in [0.15, 0.2) is 0 Å². The van der Waals surface area contributed by atoms with Gasteiger partial charge in [0.25, 0.3) is 0 Å². The fourth-order valence-electron chi connectivity index (χ4n) is 2.30. The van der Waals surface area contributed by atoms with Gasteiger partial charge in [-0.1, -0.05) is 18.2 Å². The van der Waals surface area contributed by atoms with E-state index in [1.54, 1.807) is 18.2 Å². The lowest BCUT2D eigenvalue weighted by molar-refractivity contribution is -0.149. The fourth-order valence-corrected chi connectivity index (χ4v) is 2.30. The van der Waals surface area contributed by atoms with Crippen LogP contribution in [0.25, 0.3) is 0 Å². The molecule has 0 aliphatic rings.